The van der Waals surface area contributed by atoms with Crippen LogP contribution in [0.3, 0.4) is 0 Å². The Morgan fingerprint density at radius 2 is 1.67 bits per heavy atom. The zero-order valence-corrected chi connectivity index (χ0v) is 20.4. The number of hydrogen-bond acceptors (Lipinski definition) is 5. The SMILES string of the molecule is CCN1CCN(Cc2ccc(CNC(=O)CCc3c(C)nc4cc(C)nn4c3C)cc2)CC1. The first-order chi connectivity index (χ1) is 15.9. The molecule has 1 aromatic carbocycles. The molecular formula is C26H36N6O. The van der Waals surface area contributed by atoms with Crippen LogP contribution in [-0.4, -0.2) is 63.0 Å². The van der Waals surface area contributed by atoms with Crippen LogP contribution < -0.4 is 5.32 Å². The van der Waals surface area contributed by atoms with Crippen molar-refractivity contribution in [1.29, 1.82) is 0 Å². The molecule has 1 fully saturated rings. The molecule has 4 rings (SSSR count). The summed E-state index contributed by atoms with van der Waals surface area (Å²) in [5.74, 6) is 0.0587. The molecular weight excluding hydrogens is 412 g/mol. The van der Waals surface area contributed by atoms with Crippen LogP contribution in [0.15, 0.2) is 30.3 Å². The van der Waals surface area contributed by atoms with Crippen LogP contribution in [0, 0.1) is 20.8 Å². The van der Waals surface area contributed by atoms with Crippen molar-refractivity contribution < 1.29 is 4.79 Å². The number of rotatable bonds is 8. The van der Waals surface area contributed by atoms with E-state index >= 15 is 0 Å². The van der Waals surface area contributed by atoms with E-state index in [-0.39, 0.29) is 5.91 Å². The van der Waals surface area contributed by atoms with Crippen molar-refractivity contribution in [2.45, 2.75) is 53.6 Å². The largest absolute Gasteiger partial charge is 0.352 e. The van der Waals surface area contributed by atoms with Crippen LogP contribution in [0.1, 0.15) is 47.1 Å². The molecule has 33 heavy (non-hydrogen) atoms. The van der Waals surface area contributed by atoms with E-state index in [0.717, 1.165) is 73.1 Å². The highest BCUT2D eigenvalue weighted by Gasteiger charge is 2.16. The number of likely N-dealkylation sites (N-methyl/N-ethyl adjacent to an activating group) is 1. The Labute approximate surface area is 196 Å². The molecule has 1 aliphatic rings. The van der Waals surface area contributed by atoms with Gasteiger partial charge in [0.15, 0.2) is 5.65 Å². The van der Waals surface area contributed by atoms with Crippen molar-refractivity contribution in [3.05, 3.63) is 64.1 Å². The van der Waals surface area contributed by atoms with E-state index in [1.165, 1.54) is 5.56 Å². The summed E-state index contributed by atoms with van der Waals surface area (Å²) in [4.78, 5) is 22.2. The molecule has 1 amide bonds. The van der Waals surface area contributed by atoms with E-state index in [4.69, 9.17) is 0 Å². The average Bonchev–Trinajstić information content (AvgIpc) is 3.19. The zero-order valence-electron chi connectivity index (χ0n) is 20.4. The van der Waals surface area contributed by atoms with Crippen LogP contribution in [0.4, 0.5) is 0 Å². The number of aromatic nitrogens is 3. The molecule has 0 unspecified atom stereocenters. The normalized spacial score (nSPS) is 15.3. The maximum atomic E-state index is 12.5. The van der Waals surface area contributed by atoms with E-state index in [1.807, 2.05) is 31.4 Å². The lowest BCUT2D eigenvalue weighted by Gasteiger charge is -2.34. The summed E-state index contributed by atoms with van der Waals surface area (Å²) in [6.07, 6.45) is 1.10. The molecule has 0 spiro atoms. The molecule has 0 atom stereocenters. The fraction of sp³-hybridized carbons (Fsp3) is 0.500. The summed E-state index contributed by atoms with van der Waals surface area (Å²) in [5.41, 5.74) is 7.41. The number of amides is 1. The first kappa shape index (κ1) is 23.4. The molecule has 3 heterocycles. The van der Waals surface area contributed by atoms with E-state index < -0.39 is 0 Å². The molecule has 2 aromatic heterocycles. The summed E-state index contributed by atoms with van der Waals surface area (Å²) in [6.45, 7) is 15.5. The number of benzene rings is 1. The van der Waals surface area contributed by atoms with Gasteiger partial charge in [0.25, 0.3) is 0 Å². The number of nitrogens with one attached hydrogen (secondary N) is 1. The van der Waals surface area contributed by atoms with Crippen LogP contribution in [0.25, 0.3) is 5.65 Å². The second-order valence-corrected chi connectivity index (χ2v) is 9.12. The zero-order chi connectivity index (χ0) is 23.4. The minimum absolute atomic E-state index is 0.0587. The molecule has 1 saturated heterocycles. The molecule has 0 aliphatic carbocycles. The number of hydrogen-bond donors (Lipinski definition) is 1. The summed E-state index contributed by atoms with van der Waals surface area (Å²) < 4.78 is 1.88. The van der Waals surface area contributed by atoms with Gasteiger partial charge in [0.1, 0.15) is 0 Å². The highest BCUT2D eigenvalue weighted by Crippen LogP contribution is 2.17. The Morgan fingerprint density at radius 1 is 1.00 bits per heavy atom. The molecule has 1 aliphatic heterocycles. The van der Waals surface area contributed by atoms with Crippen molar-refractivity contribution in [2.75, 3.05) is 32.7 Å². The van der Waals surface area contributed by atoms with Crippen LogP contribution >= 0.6 is 0 Å². The average molecular weight is 449 g/mol. The second kappa shape index (κ2) is 10.4. The van der Waals surface area contributed by atoms with Crippen LogP contribution in [0.5, 0.6) is 0 Å². The van der Waals surface area contributed by atoms with E-state index in [0.29, 0.717) is 19.4 Å². The molecule has 7 nitrogen and oxygen atoms in total. The molecule has 176 valence electrons. The first-order valence-corrected chi connectivity index (χ1v) is 12.0. The van der Waals surface area contributed by atoms with Gasteiger partial charge in [-0.05, 0) is 50.4 Å². The van der Waals surface area contributed by atoms with Crippen LogP contribution in [-0.2, 0) is 24.3 Å². The smallest absolute Gasteiger partial charge is 0.220 e. The lowest BCUT2D eigenvalue weighted by molar-refractivity contribution is -0.121. The monoisotopic (exact) mass is 448 g/mol. The van der Waals surface area contributed by atoms with Gasteiger partial charge in [0, 0.05) is 63.1 Å². The predicted molar refractivity (Wildman–Crippen MR) is 131 cm³/mol. The Bertz CT molecular complexity index is 1100. The van der Waals surface area contributed by atoms with Gasteiger partial charge >= 0.3 is 0 Å². The van der Waals surface area contributed by atoms with Gasteiger partial charge in [-0.25, -0.2) is 9.50 Å². The lowest BCUT2D eigenvalue weighted by atomic mass is 10.1. The van der Waals surface area contributed by atoms with E-state index in [2.05, 4.69) is 56.4 Å². The Balaban J connectivity index is 1.25. The number of carbonyl (C=O) groups excluding carboxylic acids is 1. The van der Waals surface area contributed by atoms with Gasteiger partial charge in [-0.3, -0.25) is 9.69 Å². The van der Waals surface area contributed by atoms with Gasteiger partial charge in [-0.15, -0.1) is 0 Å². The highest BCUT2D eigenvalue weighted by molar-refractivity contribution is 5.76. The van der Waals surface area contributed by atoms with Crippen molar-refractivity contribution >= 4 is 11.6 Å². The third-order valence-electron chi connectivity index (χ3n) is 6.72. The standard InChI is InChI=1S/C26H36N6O/c1-5-30-12-14-31(15-13-30)18-23-8-6-22(7-9-23)17-27-26(33)11-10-24-20(3)28-25-16-19(2)29-32(25)21(24)4/h6-9,16H,5,10-15,17-18H2,1-4H3,(H,27,33). The van der Waals surface area contributed by atoms with Crippen molar-refractivity contribution in [3.63, 3.8) is 0 Å². The van der Waals surface area contributed by atoms with Gasteiger partial charge in [0.05, 0.1) is 5.69 Å². The van der Waals surface area contributed by atoms with E-state index in [9.17, 15) is 4.79 Å². The summed E-state index contributed by atoms with van der Waals surface area (Å²) >= 11 is 0. The topological polar surface area (TPSA) is 65.8 Å². The second-order valence-electron chi connectivity index (χ2n) is 9.12. The first-order valence-electron chi connectivity index (χ1n) is 12.0. The molecule has 0 bridgehead atoms. The summed E-state index contributed by atoms with van der Waals surface area (Å²) in [7, 11) is 0. The Hall–Kier alpha value is -2.77. The minimum Gasteiger partial charge on any atom is -0.352 e. The molecule has 0 radical (unpaired) electrons. The van der Waals surface area contributed by atoms with Crippen molar-refractivity contribution in [3.8, 4) is 0 Å². The fourth-order valence-electron chi connectivity index (χ4n) is 4.61. The van der Waals surface area contributed by atoms with Gasteiger partial charge in [0.2, 0.25) is 5.91 Å². The predicted octanol–water partition coefficient (Wildman–Crippen LogP) is 3.04. The van der Waals surface area contributed by atoms with Gasteiger partial charge < -0.3 is 10.2 Å². The summed E-state index contributed by atoms with van der Waals surface area (Å²) in [5, 5.41) is 7.58. The molecule has 3 aromatic rings. The Morgan fingerprint density at radius 3 is 2.36 bits per heavy atom. The summed E-state index contributed by atoms with van der Waals surface area (Å²) in [6, 6.07) is 10.6. The minimum atomic E-state index is 0.0587. The third kappa shape index (κ3) is 5.78. The van der Waals surface area contributed by atoms with Gasteiger partial charge in [-0.2, -0.15) is 5.10 Å². The third-order valence-corrected chi connectivity index (χ3v) is 6.72. The quantitative estimate of drug-likeness (QED) is 0.574. The highest BCUT2D eigenvalue weighted by atomic mass is 16.1. The number of aryl methyl sites for hydroxylation is 3. The maximum Gasteiger partial charge on any atom is 0.220 e. The number of nitrogens with zero attached hydrogens (tertiary/aromatic N) is 5. The number of fused-ring (bicyclic) bond motifs is 1. The number of carbonyl (C=O) groups is 1. The molecule has 1 N–H and O–H groups in total. The molecule has 7 heteroatoms. The van der Waals surface area contributed by atoms with Gasteiger partial charge in [-0.1, -0.05) is 31.2 Å². The van der Waals surface area contributed by atoms with Crippen LogP contribution in [0.2, 0.25) is 0 Å². The Kier molecular flexibility index (Phi) is 7.40. The fourth-order valence-corrected chi connectivity index (χ4v) is 4.61. The van der Waals surface area contributed by atoms with E-state index in [1.54, 1.807) is 0 Å². The van der Waals surface area contributed by atoms with Crippen molar-refractivity contribution in [1.82, 2.24) is 29.7 Å². The van der Waals surface area contributed by atoms with Crippen molar-refractivity contribution in [2.24, 2.45) is 0 Å². The number of piperazine rings is 1. The lowest BCUT2D eigenvalue weighted by Crippen LogP contribution is -2.45. The maximum absolute atomic E-state index is 12.5. The molecule has 0 saturated carbocycles.